The van der Waals surface area contributed by atoms with E-state index < -0.39 is 63.8 Å². The third-order valence-corrected chi connectivity index (χ3v) is 10.1. The van der Waals surface area contributed by atoms with Gasteiger partial charge >= 0.3 is 0 Å². The molecule has 0 bridgehead atoms. The standard InChI is InChI=1S/C21H33F2N3O6P2/c1-14-18(22)20-16(29-14)7-12-33(3,27-10-5-8-24)31-21-17(30-15(2)19(21)23)13-26-34(4,32-20)28-11-6-9-25/h14-21,26H,3-7,10-13H2,1-2H3/t14-,15-,16+,17+,18?,19?,20-,21-,33?,34?/m0/s1. The van der Waals surface area contributed by atoms with Gasteiger partial charge in [-0.1, -0.05) is 6.30 Å². The van der Waals surface area contributed by atoms with Crippen molar-refractivity contribution in [1.82, 2.24) is 5.09 Å². The SMILES string of the molecule is C=P1(OCCC#N)CC[C@H]2O[C@@H](C)C(F)[C@H]2OP(=C)(OCCC#N)NC[C@H]2O[C@@H](C)C(F)[C@H]2O1. The molecule has 3 fully saturated rings. The van der Waals surface area contributed by atoms with Gasteiger partial charge in [-0.2, -0.15) is 10.5 Å². The van der Waals surface area contributed by atoms with Crippen molar-refractivity contribution in [2.75, 3.05) is 25.9 Å². The number of hydrogen-bond acceptors (Lipinski definition) is 9. The molecule has 10 atom stereocenters. The molecule has 9 nitrogen and oxygen atoms in total. The first-order valence-corrected chi connectivity index (χ1v) is 15.1. The van der Waals surface area contributed by atoms with Crippen molar-refractivity contribution in [2.24, 2.45) is 0 Å². The lowest BCUT2D eigenvalue weighted by Crippen LogP contribution is -2.40. The molecule has 3 rings (SSSR count). The monoisotopic (exact) mass is 523 g/mol. The molecule has 0 radical (unpaired) electrons. The Morgan fingerprint density at radius 2 is 1.50 bits per heavy atom. The van der Waals surface area contributed by atoms with Gasteiger partial charge in [0.05, 0.1) is 56.5 Å². The number of nitriles is 2. The molecule has 0 saturated carbocycles. The molecule has 3 aliphatic rings. The highest BCUT2D eigenvalue weighted by molar-refractivity contribution is 7.64. The van der Waals surface area contributed by atoms with E-state index in [4.69, 9.17) is 38.1 Å². The van der Waals surface area contributed by atoms with Gasteiger partial charge in [0.15, 0.2) is 19.8 Å². The van der Waals surface area contributed by atoms with E-state index in [-0.39, 0.29) is 45.2 Å². The molecule has 192 valence electrons. The van der Waals surface area contributed by atoms with Crippen molar-refractivity contribution in [2.45, 2.75) is 82.1 Å². The van der Waals surface area contributed by atoms with Crippen LogP contribution in [0.3, 0.4) is 0 Å². The zero-order valence-electron chi connectivity index (χ0n) is 19.5. The summed E-state index contributed by atoms with van der Waals surface area (Å²) in [6.07, 6.45) is 1.30. The van der Waals surface area contributed by atoms with Crippen molar-refractivity contribution < 1.29 is 36.3 Å². The third-order valence-electron chi connectivity index (χ3n) is 5.98. The lowest BCUT2D eigenvalue weighted by atomic mass is 10.1. The quantitative estimate of drug-likeness (QED) is 0.414. The van der Waals surface area contributed by atoms with Gasteiger partial charge in [-0.25, -0.2) is 8.78 Å². The van der Waals surface area contributed by atoms with Gasteiger partial charge in [0, 0.05) is 12.7 Å². The predicted octanol–water partition coefficient (Wildman–Crippen LogP) is 3.34. The highest BCUT2D eigenvalue weighted by Crippen LogP contribution is 2.54. The fraction of sp³-hybridized carbons (Fsp3) is 0.810. The van der Waals surface area contributed by atoms with Gasteiger partial charge < -0.3 is 27.6 Å². The minimum Gasteiger partial charge on any atom is -0.369 e. The first-order valence-electron chi connectivity index (χ1n) is 11.3. The highest BCUT2D eigenvalue weighted by Gasteiger charge is 2.49. The molecule has 13 heteroatoms. The summed E-state index contributed by atoms with van der Waals surface area (Å²) in [6, 6.07) is 3.99. The Morgan fingerprint density at radius 1 is 0.941 bits per heavy atom. The molecule has 3 saturated heterocycles. The molecule has 1 N–H and O–H groups in total. The van der Waals surface area contributed by atoms with E-state index in [0.717, 1.165) is 0 Å². The maximum atomic E-state index is 15.1. The average molecular weight is 523 g/mol. The maximum absolute atomic E-state index is 15.1. The Kier molecular flexibility index (Phi) is 9.73. The van der Waals surface area contributed by atoms with Crippen molar-refractivity contribution in [3.63, 3.8) is 0 Å². The topological polar surface area (TPSA) is 115 Å². The summed E-state index contributed by atoms with van der Waals surface area (Å²) in [5, 5.41) is 20.8. The van der Waals surface area contributed by atoms with Crippen LogP contribution in [-0.2, 0) is 27.6 Å². The Hall–Kier alpha value is -0.840. The third kappa shape index (κ3) is 6.68. The van der Waals surface area contributed by atoms with Crippen LogP contribution in [0.2, 0.25) is 0 Å². The zero-order valence-corrected chi connectivity index (χ0v) is 21.3. The number of halogens is 2. The van der Waals surface area contributed by atoms with Crippen molar-refractivity contribution in [3.8, 4) is 12.1 Å². The summed E-state index contributed by atoms with van der Waals surface area (Å²) in [6.45, 7) is 3.41. The number of ether oxygens (including phenoxy) is 2. The molecule has 0 aliphatic carbocycles. The fourth-order valence-electron chi connectivity index (χ4n) is 4.18. The minimum absolute atomic E-state index is 0.0410. The Bertz CT molecular complexity index is 814. The lowest BCUT2D eigenvalue weighted by molar-refractivity contribution is 0.0115. The number of nitrogens with zero attached hydrogens (tertiary/aromatic N) is 2. The molecular formula is C21H33F2N3O6P2. The predicted molar refractivity (Wildman–Crippen MR) is 126 cm³/mol. The Morgan fingerprint density at radius 3 is 2.12 bits per heavy atom. The largest absolute Gasteiger partial charge is 0.369 e. The summed E-state index contributed by atoms with van der Waals surface area (Å²) < 4.78 is 65.8. The molecular weight excluding hydrogens is 490 g/mol. The molecule has 3 heterocycles. The van der Waals surface area contributed by atoms with E-state index in [1.54, 1.807) is 13.8 Å². The average Bonchev–Trinajstić information content (AvgIpc) is 3.20. The number of rotatable bonds is 6. The van der Waals surface area contributed by atoms with Crippen LogP contribution in [0.4, 0.5) is 8.78 Å². The number of fused-ring (bicyclic) bond motifs is 2. The highest BCUT2D eigenvalue weighted by atomic mass is 31.2. The minimum atomic E-state index is -3.12. The maximum Gasteiger partial charge on any atom is 0.187 e. The summed E-state index contributed by atoms with van der Waals surface area (Å²) >= 11 is 0. The number of alkyl halides is 2. The van der Waals surface area contributed by atoms with Gasteiger partial charge in [0.1, 0.15) is 25.7 Å². The van der Waals surface area contributed by atoms with Gasteiger partial charge in [0.2, 0.25) is 0 Å². The van der Waals surface area contributed by atoms with Gasteiger partial charge in [0.25, 0.3) is 0 Å². The van der Waals surface area contributed by atoms with E-state index in [1.807, 2.05) is 12.1 Å². The molecule has 3 aliphatic heterocycles. The first kappa shape index (κ1) is 27.7. The number of nitrogens with one attached hydrogen (secondary N) is 1. The number of hydrogen-bond donors (Lipinski definition) is 1. The van der Waals surface area contributed by atoms with Crippen LogP contribution in [0.25, 0.3) is 0 Å². The second kappa shape index (κ2) is 11.9. The smallest absolute Gasteiger partial charge is 0.187 e. The second-order valence-corrected chi connectivity index (χ2v) is 13.3. The molecule has 4 unspecified atom stereocenters. The van der Waals surface area contributed by atoms with Gasteiger partial charge in [-0.3, -0.25) is 5.09 Å². The Labute approximate surface area is 199 Å². The van der Waals surface area contributed by atoms with E-state index >= 15 is 8.78 Å². The lowest BCUT2D eigenvalue weighted by Gasteiger charge is -2.35. The van der Waals surface area contributed by atoms with Crippen LogP contribution in [0.1, 0.15) is 33.1 Å². The van der Waals surface area contributed by atoms with Crippen molar-refractivity contribution in [1.29, 1.82) is 10.5 Å². The van der Waals surface area contributed by atoms with E-state index in [1.165, 1.54) is 0 Å². The van der Waals surface area contributed by atoms with Crippen LogP contribution < -0.4 is 5.09 Å². The summed E-state index contributed by atoms with van der Waals surface area (Å²) in [4.78, 5) is 0. The van der Waals surface area contributed by atoms with E-state index in [0.29, 0.717) is 0 Å². The van der Waals surface area contributed by atoms with Gasteiger partial charge in [-0.05, 0) is 26.6 Å². The van der Waals surface area contributed by atoms with Crippen LogP contribution in [0.15, 0.2) is 0 Å². The van der Waals surface area contributed by atoms with Crippen LogP contribution >= 0.6 is 14.8 Å². The summed E-state index contributed by atoms with van der Waals surface area (Å²) in [5.74, 6) is 0. The molecule has 0 spiro atoms. The summed E-state index contributed by atoms with van der Waals surface area (Å²) in [5.41, 5.74) is 0. The second-order valence-electron chi connectivity index (χ2n) is 8.63. The van der Waals surface area contributed by atoms with Crippen molar-refractivity contribution in [3.05, 3.63) is 0 Å². The fourth-order valence-corrected chi connectivity index (χ4v) is 7.96. The van der Waals surface area contributed by atoms with Gasteiger partial charge in [-0.15, -0.1) is 0 Å². The zero-order chi connectivity index (χ0) is 24.9. The summed E-state index contributed by atoms with van der Waals surface area (Å²) in [7, 11) is -6.03. The van der Waals surface area contributed by atoms with Crippen molar-refractivity contribution >= 4 is 27.4 Å². The molecule has 0 aromatic carbocycles. The normalized spacial score (nSPS) is 45.2. The molecule has 0 aromatic heterocycles. The molecule has 0 aromatic rings. The van der Waals surface area contributed by atoms with Crippen LogP contribution in [0, 0.1) is 22.7 Å². The van der Waals surface area contributed by atoms with Crippen LogP contribution in [0.5, 0.6) is 0 Å². The molecule has 0 amide bonds. The first-order chi connectivity index (χ1) is 16.1. The molecule has 34 heavy (non-hydrogen) atoms. The van der Waals surface area contributed by atoms with E-state index in [2.05, 4.69) is 17.7 Å². The Balaban J connectivity index is 1.90. The van der Waals surface area contributed by atoms with E-state index in [9.17, 15) is 0 Å². The van der Waals surface area contributed by atoms with Crippen LogP contribution in [-0.4, -0.2) is 87.5 Å².